The molecule has 1 unspecified atom stereocenters. The van der Waals surface area contributed by atoms with E-state index in [2.05, 4.69) is 10.6 Å². The van der Waals surface area contributed by atoms with Crippen molar-refractivity contribution in [1.29, 1.82) is 0 Å². The van der Waals surface area contributed by atoms with Gasteiger partial charge in [-0.1, -0.05) is 17.7 Å². The topological polar surface area (TPSA) is 129 Å². The molecule has 150 valence electrons. The van der Waals surface area contributed by atoms with Crippen LogP contribution in [0.5, 0.6) is 0 Å². The van der Waals surface area contributed by atoms with Gasteiger partial charge in [0, 0.05) is 32.1 Å². The van der Waals surface area contributed by atoms with Gasteiger partial charge in [-0.05, 0) is 26.0 Å². The predicted octanol–water partition coefficient (Wildman–Crippen LogP) is -2.53. The zero-order valence-electron chi connectivity index (χ0n) is 15.6. The lowest BCUT2D eigenvalue weighted by Crippen LogP contribution is -2.61. The number of carbonyl (C=O) groups excluding carboxylic acids is 2. The summed E-state index contributed by atoms with van der Waals surface area (Å²) in [6, 6.07) is 6.75. The SMILES string of the molecule is CC(=O)[O-].Cc1ccc(S(=O)(=O)N2CC(=O)N3CCN(CC[NH3+])C3C2)cc1. The summed E-state index contributed by atoms with van der Waals surface area (Å²) in [7, 11) is -3.65. The largest absolute Gasteiger partial charge is 0.550 e. The van der Waals surface area contributed by atoms with E-state index >= 15 is 0 Å². The van der Waals surface area contributed by atoms with Crippen molar-refractivity contribution in [3.63, 3.8) is 0 Å². The molecule has 1 atom stereocenters. The second kappa shape index (κ2) is 8.79. The molecule has 0 aliphatic carbocycles. The Morgan fingerprint density at radius 2 is 1.85 bits per heavy atom. The Kier molecular flexibility index (Phi) is 6.93. The van der Waals surface area contributed by atoms with Crippen molar-refractivity contribution in [2.45, 2.75) is 24.9 Å². The van der Waals surface area contributed by atoms with Crippen LogP contribution in [0.3, 0.4) is 0 Å². The van der Waals surface area contributed by atoms with Gasteiger partial charge in [-0.2, -0.15) is 4.31 Å². The number of carbonyl (C=O) groups is 2. The predicted molar refractivity (Wildman–Crippen MR) is 95.4 cm³/mol. The highest BCUT2D eigenvalue weighted by atomic mass is 32.2. The Hall–Kier alpha value is -2.01. The van der Waals surface area contributed by atoms with Crippen LogP contribution in [0.4, 0.5) is 0 Å². The van der Waals surface area contributed by atoms with E-state index in [1.165, 1.54) is 4.31 Å². The monoisotopic (exact) mass is 398 g/mol. The molecule has 0 spiro atoms. The molecule has 10 heteroatoms. The summed E-state index contributed by atoms with van der Waals surface area (Å²) in [6.45, 7) is 6.09. The summed E-state index contributed by atoms with van der Waals surface area (Å²) in [5.41, 5.74) is 4.85. The molecule has 2 fully saturated rings. The third-order valence-electron chi connectivity index (χ3n) is 4.51. The Bertz CT molecular complexity index is 777. The van der Waals surface area contributed by atoms with Gasteiger partial charge in [0.2, 0.25) is 15.9 Å². The molecule has 2 saturated heterocycles. The molecule has 1 aromatic rings. The van der Waals surface area contributed by atoms with Gasteiger partial charge in [0.25, 0.3) is 0 Å². The highest BCUT2D eigenvalue weighted by Crippen LogP contribution is 2.25. The number of amides is 1. The fourth-order valence-electron chi connectivity index (χ4n) is 3.23. The minimum atomic E-state index is -3.65. The number of aryl methyl sites for hydroxylation is 1. The zero-order chi connectivity index (χ0) is 20.2. The van der Waals surface area contributed by atoms with Crippen molar-refractivity contribution in [3.8, 4) is 0 Å². The van der Waals surface area contributed by atoms with Gasteiger partial charge >= 0.3 is 0 Å². The Morgan fingerprint density at radius 1 is 1.26 bits per heavy atom. The molecule has 3 N–H and O–H groups in total. The summed E-state index contributed by atoms with van der Waals surface area (Å²) in [6.07, 6.45) is -0.168. The van der Waals surface area contributed by atoms with Gasteiger partial charge in [0.1, 0.15) is 0 Å². The number of rotatable bonds is 4. The molecule has 27 heavy (non-hydrogen) atoms. The third kappa shape index (κ3) is 5.04. The highest BCUT2D eigenvalue weighted by Gasteiger charge is 2.43. The van der Waals surface area contributed by atoms with Crippen LogP contribution in [-0.2, 0) is 19.6 Å². The van der Waals surface area contributed by atoms with Crippen molar-refractivity contribution in [1.82, 2.24) is 14.1 Å². The molecule has 2 aliphatic heterocycles. The fraction of sp³-hybridized carbons (Fsp3) is 0.529. The van der Waals surface area contributed by atoms with Gasteiger partial charge in [-0.15, -0.1) is 0 Å². The molecule has 9 nitrogen and oxygen atoms in total. The van der Waals surface area contributed by atoms with Crippen LogP contribution in [0.2, 0.25) is 0 Å². The molecule has 1 aromatic carbocycles. The average Bonchev–Trinajstić information content (AvgIpc) is 2.99. The summed E-state index contributed by atoms with van der Waals surface area (Å²) < 4.78 is 27.0. The maximum absolute atomic E-state index is 12.8. The van der Waals surface area contributed by atoms with E-state index in [9.17, 15) is 13.2 Å². The van der Waals surface area contributed by atoms with Gasteiger partial charge < -0.3 is 20.5 Å². The van der Waals surface area contributed by atoms with Crippen molar-refractivity contribution in [2.75, 3.05) is 39.3 Å². The summed E-state index contributed by atoms with van der Waals surface area (Å²) >= 11 is 0. The number of piperazine rings is 1. The van der Waals surface area contributed by atoms with E-state index in [-0.39, 0.29) is 23.5 Å². The maximum atomic E-state index is 12.8. The Morgan fingerprint density at radius 3 is 2.41 bits per heavy atom. The van der Waals surface area contributed by atoms with E-state index in [4.69, 9.17) is 9.90 Å². The first-order valence-corrected chi connectivity index (χ1v) is 10.2. The minimum absolute atomic E-state index is 0.0784. The van der Waals surface area contributed by atoms with Gasteiger partial charge in [0.15, 0.2) is 0 Å². The molecule has 0 saturated carbocycles. The van der Waals surface area contributed by atoms with Gasteiger partial charge in [0.05, 0.1) is 24.2 Å². The number of quaternary nitrogens is 1. The maximum Gasteiger partial charge on any atom is 0.243 e. The summed E-state index contributed by atoms with van der Waals surface area (Å²) in [4.78, 5) is 25.4. The second-order valence-corrected chi connectivity index (χ2v) is 8.50. The van der Waals surface area contributed by atoms with E-state index in [1.54, 1.807) is 29.2 Å². The Balaban J connectivity index is 0.000000596. The van der Waals surface area contributed by atoms with Crippen LogP contribution in [0.25, 0.3) is 0 Å². The summed E-state index contributed by atoms with van der Waals surface area (Å²) in [5, 5.41) is 8.89. The number of fused-ring (bicyclic) bond motifs is 1. The minimum Gasteiger partial charge on any atom is -0.550 e. The number of benzene rings is 1. The molecular formula is C17H26N4O5S. The van der Waals surface area contributed by atoms with Crippen molar-refractivity contribution in [2.24, 2.45) is 0 Å². The van der Waals surface area contributed by atoms with Crippen LogP contribution < -0.4 is 10.8 Å². The number of nitrogens with zero attached hydrogens (tertiary/aromatic N) is 3. The van der Waals surface area contributed by atoms with Gasteiger partial charge in [-0.25, -0.2) is 8.42 Å². The number of aliphatic carboxylic acids is 1. The molecule has 1 amide bonds. The van der Waals surface area contributed by atoms with Crippen LogP contribution in [0.15, 0.2) is 29.2 Å². The lowest BCUT2D eigenvalue weighted by atomic mass is 10.2. The van der Waals surface area contributed by atoms with Crippen LogP contribution in [-0.4, -0.2) is 79.8 Å². The normalized spacial score (nSPS) is 20.8. The third-order valence-corrected chi connectivity index (χ3v) is 6.34. The van der Waals surface area contributed by atoms with Crippen molar-refractivity contribution >= 4 is 21.9 Å². The second-order valence-electron chi connectivity index (χ2n) is 6.56. The average molecular weight is 398 g/mol. The van der Waals surface area contributed by atoms with E-state index in [0.717, 1.165) is 32.1 Å². The number of hydrogen-bond donors (Lipinski definition) is 1. The lowest BCUT2D eigenvalue weighted by molar-refractivity contribution is -0.369. The number of hydrogen-bond acceptors (Lipinski definition) is 6. The molecule has 3 rings (SSSR count). The number of sulfonamides is 1. The molecule has 0 bridgehead atoms. The number of carboxylic acids is 1. The molecule has 2 heterocycles. The van der Waals surface area contributed by atoms with Crippen LogP contribution in [0, 0.1) is 6.92 Å². The first kappa shape index (κ1) is 21.3. The van der Waals surface area contributed by atoms with Gasteiger partial charge in [-0.3, -0.25) is 9.69 Å². The summed E-state index contributed by atoms with van der Waals surface area (Å²) in [5.74, 6) is -1.21. The van der Waals surface area contributed by atoms with Crippen LogP contribution >= 0.6 is 0 Å². The first-order chi connectivity index (χ1) is 12.7. The molecular weight excluding hydrogens is 372 g/mol. The standard InChI is InChI=1S/C15H22N4O3S.C2H4O2/c1-12-2-4-13(5-3-12)23(21,22)18-10-14-17(7-6-16)8-9-19(14)15(20)11-18;1-2(3)4/h2-5,14H,6-11,16H2,1H3;1H3,(H,3,4). The number of carboxylic acid groups (broad SMARTS) is 1. The fourth-order valence-corrected chi connectivity index (χ4v) is 4.62. The van der Waals surface area contributed by atoms with E-state index < -0.39 is 16.0 Å². The lowest BCUT2D eigenvalue weighted by Gasteiger charge is -2.38. The molecule has 0 radical (unpaired) electrons. The molecule has 0 aromatic heterocycles. The smallest absolute Gasteiger partial charge is 0.243 e. The van der Waals surface area contributed by atoms with E-state index in [0.29, 0.717) is 13.1 Å². The van der Waals surface area contributed by atoms with Crippen molar-refractivity contribution < 1.29 is 28.8 Å². The Labute approximate surface area is 159 Å². The van der Waals surface area contributed by atoms with E-state index in [1.807, 2.05) is 6.92 Å². The zero-order valence-corrected chi connectivity index (χ0v) is 16.4. The van der Waals surface area contributed by atoms with Crippen LogP contribution in [0.1, 0.15) is 12.5 Å². The quantitative estimate of drug-likeness (QED) is 0.595. The first-order valence-electron chi connectivity index (χ1n) is 8.74. The molecule has 2 aliphatic rings. The van der Waals surface area contributed by atoms with Crippen molar-refractivity contribution in [3.05, 3.63) is 29.8 Å². The highest BCUT2D eigenvalue weighted by molar-refractivity contribution is 7.89.